The lowest BCUT2D eigenvalue weighted by Crippen LogP contribution is -2.10. The first-order valence-corrected chi connectivity index (χ1v) is 8.17. The summed E-state index contributed by atoms with van der Waals surface area (Å²) in [7, 11) is 0. The molecule has 2 aromatic heterocycles. The van der Waals surface area contributed by atoms with Gasteiger partial charge in [0.25, 0.3) is 5.91 Å². The van der Waals surface area contributed by atoms with Crippen LogP contribution < -0.4 is 5.32 Å². The van der Waals surface area contributed by atoms with Gasteiger partial charge in [0.2, 0.25) is 5.76 Å². The number of rotatable bonds is 4. The number of carbonyl (C=O) groups is 1. The highest BCUT2D eigenvalue weighted by molar-refractivity contribution is 7.16. The van der Waals surface area contributed by atoms with E-state index in [1.807, 2.05) is 30.3 Å². The second-order valence-electron chi connectivity index (χ2n) is 5.54. The molecule has 0 saturated carbocycles. The van der Waals surface area contributed by atoms with Crippen molar-refractivity contribution in [1.29, 1.82) is 0 Å². The number of hydrogen-bond acceptors (Lipinski definition) is 5. The SMILES string of the molecule is Cc1cc(C(=O)Nc2nc(-c3ccccc3)c(C(C)C)s2)on1. The van der Waals surface area contributed by atoms with Crippen LogP contribution in [0.4, 0.5) is 5.13 Å². The van der Waals surface area contributed by atoms with Crippen LogP contribution >= 0.6 is 11.3 Å². The zero-order chi connectivity index (χ0) is 16.4. The van der Waals surface area contributed by atoms with E-state index in [1.54, 1.807) is 13.0 Å². The summed E-state index contributed by atoms with van der Waals surface area (Å²) in [6.07, 6.45) is 0. The van der Waals surface area contributed by atoms with E-state index in [1.165, 1.54) is 11.3 Å². The summed E-state index contributed by atoms with van der Waals surface area (Å²) in [5.41, 5.74) is 2.63. The zero-order valence-electron chi connectivity index (χ0n) is 13.2. The van der Waals surface area contributed by atoms with E-state index in [0.29, 0.717) is 16.7 Å². The van der Waals surface area contributed by atoms with Gasteiger partial charge in [-0.05, 0) is 12.8 Å². The maximum atomic E-state index is 12.2. The number of nitrogens with one attached hydrogen (secondary N) is 1. The Bertz CT molecular complexity index is 821. The Morgan fingerprint density at radius 2 is 2.00 bits per heavy atom. The van der Waals surface area contributed by atoms with Crippen LogP contribution in [0.25, 0.3) is 11.3 Å². The predicted octanol–water partition coefficient (Wildman–Crippen LogP) is 4.48. The Morgan fingerprint density at radius 1 is 1.26 bits per heavy atom. The highest BCUT2D eigenvalue weighted by Crippen LogP contribution is 2.36. The Balaban J connectivity index is 1.90. The van der Waals surface area contributed by atoms with Crippen molar-refractivity contribution < 1.29 is 9.32 Å². The number of benzene rings is 1. The average molecular weight is 327 g/mol. The lowest BCUT2D eigenvalue weighted by Gasteiger charge is -2.04. The minimum atomic E-state index is -0.339. The summed E-state index contributed by atoms with van der Waals surface area (Å²) in [5, 5.41) is 7.08. The zero-order valence-corrected chi connectivity index (χ0v) is 14.0. The number of aromatic nitrogens is 2. The molecule has 1 aromatic carbocycles. The molecule has 0 saturated heterocycles. The first-order valence-electron chi connectivity index (χ1n) is 7.35. The van der Waals surface area contributed by atoms with Crippen molar-refractivity contribution in [3.05, 3.63) is 52.7 Å². The standard InChI is InChI=1S/C17H17N3O2S/c1-10(2)15-14(12-7-5-4-6-8-12)18-17(23-15)19-16(21)13-9-11(3)20-22-13/h4-10H,1-3H3,(H,18,19,21). The van der Waals surface area contributed by atoms with Crippen LogP contribution in [0.15, 0.2) is 40.9 Å². The third-order valence-corrected chi connectivity index (χ3v) is 4.57. The summed E-state index contributed by atoms with van der Waals surface area (Å²) in [5.74, 6) is 0.167. The normalized spacial score (nSPS) is 11.0. The predicted molar refractivity (Wildman–Crippen MR) is 90.8 cm³/mol. The maximum absolute atomic E-state index is 12.2. The largest absolute Gasteiger partial charge is 0.351 e. The van der Waals surface area contributed by atoms with Crippen LogP contribution in [-0.2, 0) is 0 Å². The lowest BCUT2D eigenvalue weighted by molar-refractivity contribution is 0.0988. The van der Waals surface area contributed by atoms with Gasteiger partial charge in [0.15, 0.2) is 5.13 Å². The fraction of sp³-hybridized carbons (Fsp3) is 0.235. The molecule has 0 atom stereocenters. The second-order valence-corrected chi connectivity index (χ2v) is 6.57. The number of thiazole rings is 1. The van der Waals surface area contributed by atoms with Gasteiger partial charge in [0.1, 0.15) is 0 Å². The number of amides is 1. The topological polar surface area (TPSA) is 68.0 Å². The first-order chi connectivity index (χ1) is 11.0. The number of carbonyl (C=O) groups excluding carboxylic acids is 1. The molecule has 118 valence electrons. The Kier molecular flexibility index (Phi) is 4.25. The summed E-state index contributed by atoms with van der Waals surface area (Å²) in [6.45, 7) is 6.00. The third kappa shape index (κ3) is 3.32. The van der Waals surface area contributed by atoms with Gasteiger partial charge in [-0.25, -0.2) is 4.98 Å². The fourth-order valence-corrected chi connectivity index (χ4v) is 3.19. The molecule has 5 nitrogen and oxygen atoms in total. The maximum Gasteiger partial charge on any atom is 0.296 e. The quantitative estimate of drug-likeness (QED) is 0.767. The molecule has 0 radical (unpaired) electrons. The van der Waals surface area contributed by atoms with Crippen molar-refractivity contribution in [2.75, 3.05) is 5.32 Å². The molecule has 6 heteroatoms. The van der Waals surface area contributed by atoms with Crippen LogP contribution in [0, 0.1) is 6.92 Å². The molecule has 0 spiro atoms. The van der Waals surface area contributed by atoms with Gasteiger partial charge in [0.05, 0.1) is 11.4 Å². The van der Waals surface area contributed by atoms with Crippen LogP contribution in [-0.4, -0.2) is 16.0 Å². The molecule has 0 aliphatic heterocycles. The second kappa shape index (κ2) is 6.34. The number of hydrogen-bond donors (Lipinski definition) is 1. The van der Waals surface area contributed by atoms with E-state index in [4.69, 9.17) is 4.52 Å². The van der Waals surface area contributed by atoms with Gasteiger partial charge in [-0.3, -0.25) is 10.1 Å². The van der Waals surface area contributed by atoms with Gasteiger partial charge < -0.3 is 4.52 Å². The summed E-state index contributed by atoms with van der Waals surface area (Å²) in [4.78, 5) is 17.9. The molecule has 0 aliphatic rings. The van der Waals surface area contributed by atoms with E-state index in [9.17, 15) is 4.79 Å². The molecular formula is C17H17N3O2S. The van der Waals surface area contributed by atoms with E-state index < -0.39 is 0 Å². The number of nitrogens with zero attached hydrogens (tertiary/aromatic N) is 2. The van der Waals surface area contributed by atoms with Crippen molar-refractivity contribution in [3.8, 4) is 11.3 Å². The van der Waals surface area contributed by atoms with Gasteiger partial charge in [-0.1, -0.05) is 49.3 Å². The molecule has 0 unspecified atom stereocenters. The minimum Gasteiger partial charge on any atom is -0.351 e. The Morgan fingerprint density at radius 3 is 2.61 bits per heavy atom. The molecule has 1 N–H and O–H groups in total. The smallest absolute Gasteiger partial charge is 0.296 e. The molecule has 0 aliphatic carbocycles. The monoisotopic (exact) mass is 327 g/mol. The van der Waals surface area contributed by atoms with Crippen molar-refractivity contribution in [2.24, 2.45) is 0 Å². The van der Waals surface area contributed by atoms with Crippen LogP contribution in [0.5, 0.6) is 0 Å². The summed E-state index contributed by atoms with van der Waals surface area (Å²) < 4.78 is 4.98. The molecule has 2 heterocycles. The lowest BCUT2D eigenvalue weighted by atomic mass is 10.1. The highest BCUT2D eigenvalue weighted by Gasteiger charge is 2.19. The minimum absolute atomic E-state index is 0.185. The first kappa shape index (κ1) is 15.4. The third-order valence-electron chi connectivity index (χ3n) is 3.30. The van der Waals surface area contributed by atoms with Gasteiger partial charge >= 0.3 is 0 Å². The number of aryl methyl sites for hydroxylation is 1. The molecule has 0 bridgehead atoms. The van der Waals surface area contributed by atoms with Crippen LogP contribution in [0.1, 0.15) is 40.9 Å². The Hall–Kier alpha value is -2.47. The highest BCUT2D eigenvalue weighted by atomic mass is 32.1. The fourth-order valence-electron chi connectivity index (χ4n) is 2.21. The molecule has 3 rings (SSSR count). The molecule has 3 aromatic rings. The molecule has 1 amide bonds. The Labute approximate surface area is 138 Å². The van der Waals surface area contributed by atoms with E-state index >= 15 is 0 Å². The van der Waals surface area contributed by atoms with Gasteiger partial charge in [-0.15, -0.1) is 11.3 Å². The average Bonchev–Trinajstić information content (AvgIpc) is 3.15. The molecule has 23 heavy (non-hydrogen) atoms. The van der Waals surface area contributed by atoms with Crippen molar-refractivity contribution in [2.45, 2.75) is 26.7 Å². The van der Waals surface area contributed by atoms with Gasteiger partial charge in [-0.2, -0.15) is 0 Å². The van der Waals surface area contributed by atoms with Crippen molar-refractivity contribution in [1.82, 2.24) is 10.1 Å². The van der Waals surface area contributed by atoms with E-state index in [2.05, 4.69) is 29.3 Å². The molecular weight excluding hydrogens is 310 g/mol. The van der Waals surface area contributed by atoms with E-state index in [-0.39, 0.29) is 11.7 Å². The van der Waals surface area contributed by atoms with Crippen molar-refractivity contribution in [3.63, 3.8) is 0 Å². The number of anilines is 1. The van der Waals surface area contributed by atoms with Crippen LogP contribution in [0.3, 0.4) is 0 Å². The summed E-state index contributed by atoms with van der Waals surface area (Å²) in [6, 6.07) is 11.6. The van der Waals surface area contributed by atoms with Crippen LogP contribution in [0.2, 0.25) is 0 Å². The molecule has 0 fully saturated rings. The van der Waals surface area contributed by atoms with Gasteiger partial charge in [0, 0.05) is 16.5 Å². The van der Waals surface area contributed by atoms with E-state index in [0.717, 1.165) is 16.1 Å². The van der Waals surface area contributed by atoms with Crippen molar-refractivity contribution >= 4 is 22.4 Å². The summed E-state index contributed by atoms with van der Waals surface area (Å²) >= 11 is 1.49.